The van der Waals surface area contributed by atoms with Gasteiger partial charge >= 0.3 is 0 Å². The van der Waals surface area contributed by atoms with Crippen molar-refractivity contribution >= 4 is 38.9 Å². The predicted molar refractivity (Wildman–Crippen MR) is 275 cm³/mol. The Balaban J connectivity index is 1.03. The first kappa shape index (κ1) is 37.2. The first-order valence-electron chi connectivity index (χ1n) is 23.2. The average Bonchev–Trinajstić information content (AvgIpc) is 4.05. The third-order valence-electron chi connectivity index (χ3n) is 15.2. The van der Waals surface area contributed by atoms with E-state index < -0.39 is 5.41 Å². The average molecular weight is 841 g/mol. The maximum atomic E-state index is 2.53. The van der Waals surface area contributed by atoms with Crippen LogP contribution in [-0.2, 0) is 10.8 Å². The zero-order valence-electron chi connectivity index (χ0n) is 36.8. The van der Waals surface area contributed by atoms with E-state index in [1.165, 1.54) is 99.7 Å². The van der Waals surface area contributed by atoms with Gasteiger partial charge in [0.05, 0.1) is 16.4 Å². The molecular formula is C64H44N2. The fraction of sp³-hybridized carbons (Fsp3) is 0.0625. The molecule has 0 fully saturated rings. The molecule has 0 aliphatic heterocycles. The van der Waals surface area contributed by atoms with Crippen LogP contribution >= 0.6 is 0 Å². The van der Waals surface area contributed by atoms with Gasteiger partial charge in [-0.05, 0) is 127 Å². The van der Waals surface area contributed by atoms with Crippen molar-refractivity contribution in [1.29, 1.82) is 0 Å². The second kappa shape index (κ2) is 13.7. The lowest BCUT2D eigenvalue weighted by Crippen LogP contribution is -2.25. The quantitative estimate of drug-likeness (QED) is 0.168. The second-order valence-electron chi connectivity index (χ2n) is 18.8. The maximum Gasteiger partial charge on any atom is 0.0726 e. The summed E-state index contributed by atoms with van der Waals surface area (Å²) >= 11 is 0. The number of aromatic nitrogens is 1. The van der Waals surface area contributed by atoms with Crippen molar-refractivity contribution in [2.75, 3.05) is 4.90 Å². The Bertz CT molecular complexity index is 3730. The molecule has 11 aromatic rings. The van der Waals surface area contributed by atoms with Crippen LogP contribution in [0.4, 0.5) is 17.1 Å². The highest BCUT2D eigenvalue weighted by Gasteiger charge is 2.52. The predicted octanol–water partition coefficient (Wildman–Crippen LogP) is 16.6. The van der Waals surface area contributed by atoms with E-state index in [0.717, 1.165) is 22.7 Å². The SMILES string of the molecule is CC1(C)c2ccccc2-c2ccc(N(c3ccc(-c4ccccc4)cc3)c3ccc4c(c3)c3ccc5c(c3n4-c3ccccc3)-c3ccccc3C53c4ccccc4-c4ccccc43)cc21. The Morgan fingerprint density at radius 1 is 0.348 bits per heavy atom. The molecule has 1 heterocycles. The van der Waals surface area contributed by atoms with Gasteiger partial charge in [0, 0.05) is 44.5 Å². The minimum absolute atomic E-state index is 0.133. The number of hydrogen-bond donors (Lipinski definition) is 0. The normalized spacial score (nSPS) is 14.2. The van der Waals surface area contributed by atoms with Crippen LogP contribution in [0.5, 0.6) is 0 Å². The van der Waals surface area contributed by atoms with Gasteiger partial charge in [-0.2, -0.15) is 0 Å². The number of benzene rings is 10. The van der Waals surface area contributed by atoms with Crippen LogP contribution in [-0.4, -0.2) is 4.57 Å². The lowest BCUT2D eigenvalue weighted by atomic mass is 9.70. The Kier molecular flexibility index (Phi) is 7.70. The molecule has 0 unspecified atom stereocenters. The number of rotatable bonds is 5. The van der Waals surface area contributed by atoms with E-state index in [2.05, 4.69) is 254 Å². The third-order valence-corrected chi connectivity index (χ3v) is 15.2. The van der Waals surface area contributed by atoms with Crippen LogP contribution < -0.4 is 4.90 Å². The van der Waals surface area contributed by atoms with Gasteiger partial charge < -0.3 is 9.47 Å². The number of para-hydroxylation sites is 1. The molecule has 0 radical (unpaired) electrons. The molecule has 66 heavy (non-hydrogen) atoms. The van der Waals surface area contributed by atoms with Crippen molar-refractivity contribution in [3.05, 3.63) is 264 Å². The molecule has 0 saturated heterocycles. The van der Waals surface area contributed by atoms with E-state index in [1.54, 1.807) is 0 Å². The van der Waals surface area contributed by atoms with Gasteiger partial charge in [0.15, 0.2) is 0 Å². The Morgan fingerprint density at radius 3 is 1.53 bits per heavy atom. The zero-order valence-corrected chi connectivity index (χ0v) is 36.8. The minimum Gasteiger partial charge on any atom is -0.310 e. The monoisotopic (exact) mass is 840 g/mol. The molecule has 0 atom stereocenters. The second-order valence-corrected chi connectivity index (χ2v) is 18.8. The van der Waals surface area contributed by atoms with E-state index in [4.69, 9.17) is 0 Å². The summed E-state index contributed by atoms with van der Waals surface area (Å²) < 4.78 is 2.53. The van der Waals surface area contributed by atoms with Gasteiger partial charge in [-0.15, -0.1) is 0 Å². The van der Waals surface area contributed by atoms with Crippen molar-refractivity contribution in [2.45, 2.75) is 24.7 Å². The van der Waals surface area contributed by atoms with Gasteiger partial charge in [-0.3, -0.25) is 0 Å². The van der Waals surface area contributed by atoms with E-state index in [1.807, 2.05) is 0 Å². The van der Waals surface area contributed by atoms with Crippen LogP contribution in [0.1, 0.15) is 47.2 Å². The Labute approximate surface area is 385 Å². The number of hydrogen-bond acceptors (Lipinski definition) is 1. The largest absolute Gasteiger partial charge is 0.310 e. The summed E-state index contributed by atoms with van der Waals surface area (Å²) in [7, 11) is 0. The molecule has 0 bridgehead atoms. The molecule has 3 aliphatic rings. The lowest BCUT2D eigenvalue weighted by molar-refractivity contribution is 0.660. The molecule has 10 aromatic carbocycles. The summed E-state index contributed by atoms with van der Waals surface area (Å²) in [6, 6.07) is 86.1. The van der Waals surface area contributed by atoms with E-state index in [-0.39, 0.29) is 5.41 Å². The molecule has 14 rings (SSSR count). The molecular weight excluding hydrogens is 797 g/mol. The molecule has 1 aromatic heterocycles. The van der Waals surface area contributed by atoms with Crippen molar-refractivity contribution in [3.8, 4) is 50.2 Å². The standard InChI is InChI=1S/C64H44N2/c1-63(2)54-25-13-9-21-47(54)50-35-33-46(40-59(50)63)65(44-31-29-42(30-32-44)41-17-5-3-6-18-41)45-34-38-60-53(39-45)51-36-37-58-61(62(51)66(60)43-19-7-4-8-20-43)52-24-12-16-28-57(52)64(58)55-26-14-10-22-48(55)49-23-11-15-27-56(49)64/h3-40H,1-2H3. The number of nitrogens with zero attached hydrogens (tertiary/aromatic N) is 2. The van der Waals surface area contributed by atoms with Crippen molar-refractivity contribution in [2.24, 2.45) is 0 Å². The first-order valence-corrected chi connectivity index (χ1v) is 23.2. The van der Waals surface area contributed by atoms with E-state index >= 15 is 0 Å². The van der Waals surface area contributed by atoms with Crippen LogP contribution in [0, 0.1) is 0 Å². The summed E-state index contributed by atoms with van der Waals surface area (Å²) in [5.41, 5.74) is 24.8. The highest BCUT2D eigenvalue weighted by molar-refractivity contribution is 6.17. The maximum absolute atomic E-state index is 2.53. The molecule has 0 saturated carbocycles. The van der Waals surface area contributed by atoms with Crippen LogP contribution in [0.2, 0.25) is 0 Å². The third kappa shape index (κ3) is 4.91. The molecule has 0 amide bonds. The summed E-state index contributed by atoms with van der Waals surface area (Å²) in [5.74, 6) is 0. The molecule has 3 aliphatic carbocycles. The fourth-order valence-corrected chi connectivity index (χ4v) is 12.4. The van der Waals surface area contributed by atoms with Gasteiger partial charge in [-0.25, -0.2) is 0 Å². The highest BCUT2D eigenvalue weighted by atomic mass is 15.1. The number of anilines is 3. The number of fused-ring (bicyclic) bond motifs is 17. The van der Waals surface area contributed by atoms with E-state index in [9.17, 15) is 0 Å². The summed E-state index contributed by atoms with van der Waals surface area (Å²) in [4.78, 5) is 2.46. The smallest absolute Gasteiger partial charge is 0.0726 e. The van der Waals surface area contributed by atoms with Crippen molar-refractivity contribution < 1.29 is 0 Å². The zero-order chi connectivity index (χ0) is 43.7. The molecule has 1 spiro atoms. The minimum atomic E-state index is -0.430. The molecule has 310 valence electrons. The Hall–Kier alpha value is -8.20. The van der Waals surface area contributed by atoms with Crippen molar-refractivity contribution in [1.82, 2.24) is 4.57 Å². The molecule has 2 nitrogen and oxygen atoms in total. The van der Waals surface area contributed by atoms with Crippen molar-refractivity contribution in [3.63, 3.8) is 0 Å². The molecule has 0 N–H and O–H groups in total. The van der Waals surface area contributed by atoms with Crippen LogP contribution in [0.15, 0.2) is 231 Å². The summed E-state index contributed by atoms with van der Waals surface area (Å²) in [6.45, 7) is 4.74. The van der Waals surface area contributed by atoms with Gasteiger partial charge in [-0.1, -0.05) is 190 Å². The summed E-state index contributed by atoms with van der Waals surface area (Å²) in [6.07, 6.45) is 0. The first-order chi connectivity index (χ1) is 32.5. The summed E-state index contributed by atoms with van der Waals surface area (Å²) in [5, 5.41) is 2.46. The van der Waals surface area contributed by atoms with Gasteiger partial charge in [0.25, 0.3) is 0 Å². The topological polar surface area (TPSA) is 8.17 Å². The van der Waals surface area contributed by atoms with Crippen LogP contribution in [0.25, 0.3) is 72.0 Å². The molecule has 2 heteroatoms. The Morgan fingerprint density at radius 2 is 0.848 bits per heavy atom. The van der Waals surface area contributed by atoms with Gasteiger partial charge in [0.1, 0.15) is 0 Å². The van der Waals surface area contributed by atoms with Crippen LogP contribution in [0.3, 0.4) is 0 Å². The van der Waals surface area contributed by atoms with Gasteiger partial charge in [0.2, 0.25) is 0 Å². The fourth-order valence-electron chi connectivity index (χ4n) is 12.4. The van der Waals surface area contributed by atoms with E-state index in [0.29, 0.717) is 0 Å². The highest BCUT2D eigenvalue weighted by Crippen LogP contribution is 2.64. The lowest BCUT2D eigenvalue weighted by Gasteiger charge is -2.30.